The Kier molecular flexibility index (Phi) is 4.60. The Morgan fingerprint density at radius 2 is 1.83 bits per heavy atom. The van der Waals surface area contributed by atoms with Crippen molar-refractivity contribution in [2.45, 2.75) is 19.3 Å². The van der Waals surface area contributed by atoms with Gasteiger partial charge in [-0.2, -0.15) is 5.26 Å². The number of nitriles is 1. The van der Waals surface area contributed by atoms with Crippen molar-refractivity contribution >= 4 is 26.7 Å². The first kappa shape index (κ1) is 12.9. The molecule has 0 spiro atoms. The highest BCUT2D eigenvalue weighted by Crippen LogP contribution is 2.24. The number of hydrogen-bond acceptors (Lipinski definition) is 2. The van der Waals surface area contributed by atoms with Crippen molar-refractivity contribution in [1.29, 1.82) is 5.26 Å². The molecule has 0 bridgehead atoms. The largest absolute Gasteiger partial charge is 0.494 e. The predicted octanol–water partition coefficient (Wildman–Crippen LogP) is 4.67. The lowest BCUT2D eigenvalue weighted by atomic mass is 10.1. The third-order valence-corrected chi connectivity index (χ3v) is 3.22. The van der Waals surface area contributed by atoms with E-state index in [9.17, 15) is 0 Å². The summed E-state index contributed by atoms with van der Waals surface area (Å²) in [5, 5.41) is 10.8. The second-order valence-corrected chi connectivity index (χ2v) is 5.03. The molecular weight excluding hydrogens is 290 g/mol. The van der Waals surface area contributed by atoms with Crippen molar-refractivity contribution < 1.29 is 4.74 Å². The summed E-state index contributed by atoms with van der Waals surface area (Å²) >= 11 is 3.46. The van der Waals surface area contributed by atoms with E-state index in [-0.39, 0.29) is 0 Å². The van der Waals surface area contributed by atoms with E-state index in [1.54, 1.807) is 0 Å². The van der Waals surface area contributed by atoms with Crippen LogP contribution in [0.15, 0.2) is 40.9 Å². The summed E-state index contributed by atoms with van der Waals surface area (Å²) < 4.78 is 6.75. The fourth-order valence-corrected chi connectivity index (χ4v) is 2.16. The van der Waals surface area contributed by atoms with Gasteiger partial charge in [-0.15, -0.1) is 0 Å². The second-order valence-electron chi connectivity index (χ2n) is 4.12. The molecule has 18 heavy (non-hydrogen) atoms. The molecule has 0 saturated heterocycles. The molecule has 0 aliphatic carbocycles. The lowest BCUT2D eigenvalue weighted by molar-refractivity contribution is 0.308. The Morgan fingerprint density at radius 3 is 2.67 bits per heavy atom. The highest BCUT2D eigenvalue weighted by molar-refractivity contribution is 9.10. The molecule has 0 unspecified atom stereocenters. The standard InChI is InChI=1S/C15H14BrNO/c16-14-6-4-13-11-15(7-5-12(13)10-14)18-9-3-1-2-8-17/h4-7,10-11H,1-3,9H2. The SMILES string of the molecule is N#CCCCCOc1ccc2cc(Br)ccc2c1. The van der Waals surface area contributed by atoms with Gasteiger partial charge in [-0.3, -0.25) is 0 Å². The first-order chi connectivity index (χ1) is 8.79. The van der Waals surface area contributed by atoms with Gasteiger partial charge < -0.3 is 4.74 Å². The number of nitrogens with zero attached hydrogens (tertiary/aromatic N) is 1. The first-order valence-electron chi connectivity index (χ1n) is 5.99. The van der Waals surface area contributed by atoms with E-state index < -0.39 is 0 Å². The first-order valence-corrected chi connectivity index (χ1v) is 6.78. The zero-order valence-corrected chi connectivity index (χ0v) is 11.6. The molecule has 0 heterocycles. The maximum atomic E-state index is 8.43. The molecule has 3 heteroatoms. The quantitative estimate of drug-likeness (QED) is 0.752. The number of fused-ring (bicyclic) bond motifs is 1. The maximum absolute atomic E-state index is 8.43. The predicted molar refractivity (Wildman–Crippen MR) is 76.6 cm³/mol. The van der Waals surface area contributed by atoms with Crippen molar-refractivity contribution in [2.24, 2.45) is 0 Å². The van der Waals surface area contributed by atoms with Gasteiger partial charge in [0, 0.05) is 10.9 Å². The van der Waals surface area contributed by atoms with E-state index in [4.69, 9.17) is 10.00 Å². The van der Waals surface area contributed by atoms with Crippen LogP contribution in [-0.2, 0) is 0 Å². The number of unbranched alkanes of at least 4 members (excludes halogenated alkanes) is 2. The summed E-state index contributed by atoms with van der Waals surface area (Å²) in [6.07, 6.45) is 2.43. The molecule has 2 aromatic carbocycles. The smallest absolute Gasteiger partial charge is 0.119 e. The van der Waals surface area contributed by atoms with Gasteiger partial charge in [0.1, 0.15) is 5.75 Å². The zero-order chi connectivity index (χ0) is 12.8. The van der Waals surface area contributed by atoms with Crippen LogP contribution in [0.5, 0.6) is 5.75 Å². The minimum absolute atomic E-state index is 0.606. The maximum Gasteiger partial charge on any atom is 0.119 e. The van der Waals surface area contributed by atoms with E-state index >= 15 is 0 Å². The zero-order valence-electron chi connectivity index (χ0n) is 10.0. The molecule has 0 aromatic heterocycles. The molecule has 0 fully saturated rings. The van der Waals surface area contributed by atoms with Gasteiger partial charge in [-0.1, -0.05) is 28.1 Å². The number of rotatable bonds is 5. The molecule has 0 aliphatic rings. The molecule has 92 valence electrons. The molecule has 0 N–H and O–H groups in total. The molecule has 2 rings (SSSR count). The van der Waals surface area contributed by atoms with Gasteiger partial charge in [0.15, 0.2) is 0 Å². The van der Waals surface area contributed by atoms with E-state index in [1.807, 2.05) is 18.2 Å². The number of ether oxygens (including phenoxy) is 1. The molecule has 0 aliphatic heterocycles. The average Bonchev–Trinajstić information content (AvgIpc) is 2.38. The molecule has 0 radical (unpaired) electrons. The van der Waals surface area contributed by atoms with E-state index in [1.165, 1.54) is 10.8 Å². The van der Waals surface area contributed by atoms with Crippen LogP contribution in [0, 0.1) is 11.3 Å². The van der Waals surface area contributed by atoms with Gasteiger partial charge in [-0.05, 0) is 47.9 Å². The Balaban J connectivity index is 1.98. The highest BCUT2D eigenvalue weighted by Gasteiger charge is 1.98. The summed E-state index contributed by atoms with van der Waals surface area (Å²) in [5.41, 5.74) is 0. The van der Waals surface area contributed by atoms with Crippen LogP contribution in [0.1, 0.15) is 19.3 Å². The highest BCUT2D eigenvalue weighted by atomic mass is 79.9. The Bertz CT molecular complexity index is 574. The molecular formula is C15H14BrNO. The lowest BCUT2D eigenvalue weighted by Crippen LogP contribution is -1.96. The number of halogens is 1. The van der Waals surface area contributed by atoms with Crippen LogP contribution < -0.4 is 4.74 Å². The van der Waals surface area contributed by atoms with E-state index in [0.717, 1.165) is 23.1 Å². The number of hydrogen-bond donors (Lipinski definition) is 0. The minimum Gasteiger partial charge on any atom is -0.494 e. The van der Waals surface area contributed by atoms with Crippen molar-refractivity contribution in [3.8, 4) is 11.8 Å². The van der Waals surface area contributed by atoms with Crippen molar-refractivity contribution in [2.75, 3.05) is 6.61 Å². The summed E-state index contributed by atoms with van der Waals surface area (Å²) in [5.74, 6) is 0.891. The van der Waals surface area contributed by atoms with E-state index in [0.29, 0.717) is 13.0 Å². The summed E-state index contributed by atoms with van der Waals surface area (Å²) in [6, 6.07) is 14.4. The Hall–Kier alpha value is -1.53. The van der Waals surface area contributed by atoms with Crippen LogP contribution in [0.2, 0.25) is 0 Å². The van der Waals surface area contributed by atoms with Crippen LogP contribution in [0.25, 0.3) is 10.8 Å². The second kappa shape index (κ2) is 6.42. The molecule has 0 saturated carbocycles. The van der Waals surface area contributed by atoms with Gasteiger partial charge in [0.2, 0.25) is 0 Å². The minimum atomic E-state index is 0.606. The molecule has 0 amide bonds. The number of benzene rings is 2. The van der Waals surface area contributed by atoms with Gasteiger partial charge in [0.25, 0.3) is 0 Å². The molecule has 2 nitrogen and oxygen atoms in total. The summed E-state index contributed by atoms with van der Waals surface area (Å²) in [6.45, 7) is 0.670. The fraction of sp³-hybridized carbons (Fsp3) is 0.267. The van der Waals surface area contributed by atoms with Crippen LogP contribution in [0.3, 0.4) is 0 Å². The summed E-state index contributed by atoms with van der Waals surface area (Å²) in [7, 11) is 0. The topological polar surface area (TPSA) is 33.0 Å². The van der Waals surface area contributed by atoms with Gasteiger partial charge in [-0.25, -0.2) is 0 Å². The molecule has 0 atom stereocenters. The summed E-state index contributed by atoms with van der Waals surface area (Å²) in [4.78, 5) is 0. The third-order valence-electron chi connectivity index (χ3n) is 2.73. The Labute approximate surface area is 115 Å². The third kappa shape index (κ3) is 3.48. The molecule has 2 aromatic rings. The van der Waals surface area contributed by atoms with Crippen molar-refractivity contribution in [3.63, 3.8) is 0 Å². The van der Waals surface area contributed by atoms with Gasteiger partial charge >= 0.3 is 0 Å². The normalized spacial score (nSPS) is 10.2. The van der Waals surface area contributed by atoms with Crippen molar-refractivity contribution in [1.82, 2.24) is 0 Å². The fourth-order valence-electron chi connectivity index (χ4n) is 1.78. The monoisotopic (exact) mass is 303 g/mol. The van der Waals surface area contributed by atoms with Crippen LogP contribution in [-0.4, -0.2) is 6.61 Å². The van der Waals surface area contributed by atoms with Crippen molar-refractivity contribution in [3.05, 3.63) is 40.9 Å². The van der Waals surface area contributed by atoms with E-state index in [2.05, 4.69) is 40.2 Å². The lowest BCUT2D eigenvalue weighted by Gasteiger charge is -2.07. The Morgan fingerprint density at radius 1 is 1.06 bits per heavy atom. The average molecular weight is 304 g/mol. The van der Waals surface area contributed by atoms with Crippen LogP contribution in [0.4, 0.5) is 0 Å². The van der Waals surface area contributed by atoms with Crippen LogP contribution >= 0.6 is 15.9 Å². The van der Waals surface area contributed by atoms with Gasteiger partial charge in [0.05, 0.1) is 12.7 Å².